The lowest BCUT2D eigenvalue weighted by Crippen LogP contribution is -2.55. The van der Waals surface area contributed by atoms with Crippen molar-refractivity contribution in [1.82, 2.24) is 5.01 Å². The number of aliphatic hydroxyl groups is 1. The van der Waals surface area contributed by atoms with Crippen LogP contribution >= 0.6 is 0 Å². The second kappa shape index (κ2) is 8.07. The summed E-state index contributed by atoms with van der Waals surface area (Å²) in [4.78, 5) is 27.8. The van der Waals surface area contributed by atoms with Gasteiger partial charge in [-0.2, -0.15) is 5.01 Å². The van der Waals surface area contributed by atoms with Crippen molar-refractivity contribution in [1.29, 1.82) is 0 Å². The Labute approximate surface area is 183 Å². The molecule has 2 aliphatic rings. The molecule has 4 unspecified atom stereocenters. The number of rotatable bonds is 5. The van der Waals surface area contributed by atoms with Crippen molar-refractivity contribution < 1.29 is 23.5 Å². The molecule has 0 bridgehead atoms. The number of para-hydroxylation sites is 2. The van der Waals surface area contributed by atoms with Crippen molar-refractivity contribution >= 4 is 23.2 Å². The van der Waals surface area contributed by atoms with Crippen molar-refractivity contribution in [3.8, 4) is 0 Å². The zero-order valence-corrected chi connectivity index (χ0v) is 16.8. The molecule has 2 N–H and O–H groups in total. The number of anilines is 2. The topological polar surface area (TPSA) is 86.0 Å². The van der Waals surface area contributed by atoms with Gasteiger partial charge in [0.25, 0.3) is 5.91 Å². The molecule has 3 heterocycles. The van der Waals surface area contributed by atoms with Crippen molar-refractivity contribution in [3.63, 3.8) is 0 Å². The van der Waals surface area contributed by atoms with Gasteiger partial charge in [0, 0.05) is 0 Å². The lowest BCUT2D eigenvalue weighted by molar-refractivity contribution is -0.123. The molecule has 2 amide bonds. The highest BCUT2D eigenvalue weighted by Crippen LogP contribution is 2.38. The Bertz CT molecular complexity index is 1170. The number of nitrogens with one attached hydrogen (secondary N) is 1. The van der Waals surface area contributed by atoms with Crippen LogP contribution in [-0.4, -0.2) is 34.0 Å². The van der Waals surface area contributed by atoms with Gasteiger partial charge in [-0.3, -0.25) is 9.59 Å². The minimum atomic E-state index is -1.16. The van der Waals surface area contributed by atoms with Crippen molar-refractivity contribution in [2.75, 3.05) is 10.3 Å². The van der Waals surface area contributed by atoms with Crippen LogP contribution in [0.4, 0.5) is 15.8 Å². The molecule has 5 rings (SSSR count). The highest BCUT2D eigenvalue weighted by atomic mass is 19.1. The molecule has 32 heavy (non-hydrogen) atoms. The molecule has 0 spiro atoms. The van der Waals surface area contributed by atoms with E-state index < -0.39 is 35.8 Å². The van der Waals surface area contributed by atoms with Crippen molar-refractivity contribution in [2.45, 2.75) is 18.2 Å². The van der Waals surface area contributed by atoms with Crippen LogP contribution in [0.25, 0.3) is 0 Å². The van der Waals surface area contributed by atoms with Crippen molar-refractivity contribution in [2.24, 2.45) is 5.92 Å². The maximum Gasteiger partial charge on any atom is 0.254 e. The number of fused-ring (bicyclic) bond motifs is 1. The van der Waals surface area contributed by atoms with Crippen LogP contribution < -0.4 is 10.3 Å². The Morgan fingerprint density at radius 2 is 1.69 bits per heavy atom. The maximum atomic E-state index is 14.5. The first-order valence-corrected chi connectivity index (χ1v) is 10.2. The number of halogens is 1. The molecule has 0 saturated carbocycles. The molecule has 4 atom stereocenters. The summed E-state index contributed by atoms with van der Waals surface area (Å²) in [7, 11) is 0. The number of benzene rings is 2. The van der Waals surface area contributed by atoms with E-state index in [-0.39, 0.29) is 17.4 Å². The fourth-order valence-electron chi connectivity index (χ4n) is 4.22. The molecule has 3 aromatic rings. The number of furan rings is 1. The predicted octanol–water partition coefficient (Wildman–Crippen LogP) is 3.28. The van der Waals surface area contributed by atoms with Crippen LogP contribution in [0.1, 0.15) is 11.9 Å². The minimum Gasteiger partial charge on any atom is -0.467 e. The Hall–Kier alpha value is -3.75. The summed E-state index contributed by atoms with van der Waals surface area (Å²) in [5.41, 5.74) is 3.52. The van der Waals surface area contributed by atoms with Gasteiger partial charge in [0.15, 0.2) is 0 Å². The average molecular weight is 433 g/mol. The highest BCUT2D eigenvalue weighted by Gasteiger charge is 2.54. The summed E-state index contributed by atoms with van der Waals surface area (Å²) < 4.78 is 19.8. The number of imide groups is 1. The number of amides is 2. The minimum absolute atomic E-state index is 0.122. The van der Waals surface area contributed by atoms with Gasteiger partial charge >= 0.3 is 0 Å². The fraction of sp³-hybridized carbons (Fsp3) is 0.167. The van der Waals surface area contributed by atoms with Crippen LogP contribution in [-0.2, 0) is 9.59 Å². The standard InChI is InChI=1S/C24H20FN3O4/c25-17-9-4-5-10-18(17)26-28-19(22(29)20-11-6-14-32-20)13-12-16-21(28)24(31)27(23(16)30)15-7-2-1-3-8-15/h1-14,16,19,21-22,26,29H. The molecule has 2 aromatic carbocycles. The summed E-state index contributed by atoms with van der Waals surface area (Å²) in [5, 5.41) is 12.4. The Morgan fingerprint density at radius 1 is 0.938 bits per heavy atom. The normalized spacial score (nSPS) is 23.9. The zero-order chi connectivity index (χ0) is 22.2. The lowest BCUT2D eigenvalue weighted by Gasteiger charge is -2.40. The number of carbonyl (C=O) groups excluding carboxylic acids is 2. The molecule has 162 valence electrons. The third-order valence-corrected chi connectivity index (χ3v) is 5.75. The molecule has 0 aliphatic carbocycles. The molecule has 1 fully saturated rings. The molecule has 1 aromatic heterocycles. The lowest BCUT2D eigenvalue weighted by atomic mass is 9.92. The number of hydrogen-bond donors (Lipinski definition) is 2. The van der Waals surface area contributed by atoms with E-state index in [0.29, 0.717) is 5.69 Å². The van der Waals surface area contributed by atoms with Crippen LogP contribution in [0, 0.1) is 11.7 Å². The first-order chi connectivity index (χ1) is 15.6. The maximum absolute atomic E-state index is 14.5. The molecule has 7 nitrogen and oxygen atoms in total. The monoisotopic (exact) mass is 433 g/mol. The quantitative estimate of drug-likeness (QED) is 0.475. The number of hydrogen-bond acceptors (Lipinski definition) is 6. The number of aliphatic hydroxyl groups excluding tert-OH is 1. The van der Waals surface area contributed by atoms with E-state index in [2.05, 4.69) is 5.43 Å². The zero-order valence-electron chi connectivity index (χ0n) is 16.8. The van der Waals surface area contributed by atoms with Gasteiger partial charge in [-0.1, -0.05) is 42.5 Å². The summed E-state index contributed by atoms with van der Waals surface area (Å²) in [6.45, 7) is 0. The summed E-state index contributed by atoms with van der Waals surface area (Å²) in [5.74, 6) is -1.87. The van der Waals surface area contributed by atoms with Crippen LogP contribution in [0.2, 0.25) is 0 Å². The molecule has 2 aliphatic heterocycles. The highest BCUT2D eigenvalue weighted by molar-refractivity contribution is 6.24. The average Bonchev–Trinajstić information content (AvgIpc) is 3.43. The first kappa shape index (κ1) is 20.2. The van der Waals surface area contributed by atoms with Gasteiger partial charge < -0.3 is 14.9 Å². The van der Waals surface area contributed by atoms with Crippen LogP contribution in [0.3, 0.4) is 0 Å². The summed E-state index contributed by atoms with van der Waals surface area (Å²) in [6, 6.07) is 16.1. The van der Waals surface area contributed by atoms with E-state index in [4.69, 9.17) is 4.42 Å². The van der Waals surface area contributed by atoms with E-state index in [1.807, 2.05) is 0 Å². The fourth-order valence-corrected chi connectivity index (χ4v) is 4.22. The van der Waals surface area contributed by atoms with Crippen LogP contribution in [0.15, 0.2) is 89.6 Å². The van der Waals surface area contributed by atoms with Gasteiger partial charge in [0.05, 0.1) is 29.6 Å². The summed E-state index contributed by atoms with van der Waals surface area (Å²) in [6.07, 6.45) is 3.55. The van der Waals surface area contributed by atoms with Gasteiger partial charge in [-0.25, -0.2) is 9.29 Å². The third kappa shape index (κ3) is 3.30. The van der Waals surface area contributed by atoms with E-state index in [1.54, 1.807) is 66.7 Å². The first-order valence-electron chi connectivity index (χ1n) is 10.2. The summed E-state index contributed by atoms with van der Waals surface area (Å²) >= 11 is 0. The third-order valence-electron chi connectivity index (χ3n) is 5.75. The predicted molar refractivity (Wildman–Crippen MR) is 115 cm³/mol. The van der Waals surface area contributed by atoms with Crippen LogP contribution in [0.5, 0.6) is 0 Å². The Balaban J connectivity index is 1.56. The Kier molecular flexibility index (Phi) is 5.08. The number of carbonyl (C=O) groups is 2. The van der Waals surface area contributed by atoms with Gasteiger partial charge in [0.2, 0.25) is 5.91 Å². The van der Waals surface area contributed by atoms with Crippen molar-refractivity contribution in [3.05, 3.63) is 96.7 Å². The number of hydrazine groups is 1. The van der Waals surface area contributed by atoms with Gasteiger partial charge in [-0.15, -0.1) is 0 Å². The Morgan fingerprint density at radius 3 is 2.41 bits per heavy atom. The van der Waals surface area contributed by atoms with E-state index >= 15 is 0 Å². The van der Waals surface area contributed by atoms with E-state index in [9.17, 15) is 19.1 Å². The second-order valence-electron chi connectivity index (χ2n) is 7.65. The molecular formula is C24H20FN3O4. The molecular weight excluding hydrogens is 413 g/mol. The smallest absolute Gasteiger partial charge is 0.254 e. The van der Waals surface area contributed by atoms with E-state index in [1.165, 1.54) is 23.4 Å². The molecule has 0 radical (unpaired) electrons. The van der Waals surface area contributed by atoms with E-state index in [0.717, 1.165) is 4.90 Å². The molecule has 1 saturated heterocycles. The SMILES string of the molecule is O=C1C2C=CC(C(O)c3ccco3)N(Nc3ccccc3F)C2C(=O)N1c1ccccc1. The molecule has 8 heteroatoms. The van der Waals surface area contributed by atoms with Gasteiger partial charge in [-0.05, 0) is 36.4 Å². The largest absolute Gasteiger partial charge is 0.467 e. The number of nitrogens with zero attached hydrogens (tertiary/aromatic N) is 2. The van der Waals surface area contributed by atoms with Gasteiger partial charge in [0.1, 0.15) is 23.7 Å². The second-order valence-corrected chi connectivity index (χ2v) is 7.65.